The average Bonchev–Trinajstić information content (AvgIpc) is 3.24. The molecule has 1 aliphatic heterocycles. The number of nitrogens with zero attached hydrogens (tertiary/aromatic N) is 4. The molecule has 2 amide bonds. The van der Waals surface area contributed by atoms with Crippen LogP contribution in [-0.2, 0) is 4.79 Å². The number of carbonyl (C=O) groups excluding carboxylic acids is 2. The van der Waals surface area contributed by atoms with E-state index in [0.29, 0.717) is 44.0 Å². The normalized spacial score (nSPS) is 14.4. The van der Waals surface area contributed by atoms with Gasteiger partial charge < -0.3 is 10.2 Å². The van der Waals surface area contributed by atoms with Gasteiger partial charge in [0.05, 0.1) is 17.8 Å². The van der Waals surface area contributed by atoms with Crippen LogP contribution in [0.5, 0.6) is 0 Å². The molecule has 2 heterocycles. The largest absolute Gasteiger partial charge is 0.353 e. The second kappa shape index (κ2) is 10.2. The number of para-hydroxylation sites is 1. The van der Waals surface area contributed by atoms with Crippen molar-refractivity contribution in [1.29, 1.82) is 0 Å². The first-order valence-electron chi connectivity index (χ1n) is 11.9. The third kappa shape index (κ3) is 5.37. The van der Waals surface area contributed by atoms with Gasteiger partial charge in [0.2, 0.25) is 5.91 Å². The van der Waals surface area contributed by atoms with Crippen LogP contribution in [0.4, 0.5) is 0 Å². The number of hydrogen-bond acceptors (Lipinski definition) is 4. The first-order valence-corrected chi connectivity index (χ1v) is 11.9. The number of aromatic nitrogens is 2. The molecule has 0 atom stereocenters. The van der Waals surface area contributed by atoms with Crippen LogP contribution in [-0.4, -0.2) is 70.2 Å². The van der Waals surface area contributed by atoms with Crippen LogP contribution in [0.25, 0.3) is 16.9 Å². The standard InChI is InChI=1S/C27H33N5O2/c1-19(2)28-25(33)18-30-12-14-31(15-13-30)27(34)24-17-32(22-8-6-5-7-9-22)29-26(24)23-11-10-20(3)16-21(23)4/h5-11,16-17,19H,12-15,18H2,1-4H3,(H,28,33). The summed E-state index contributed by atoms with van der Waals surface area (Å²) in [6, 6.07) is 16.2. The van der Waals surface area contributed by atoms with Gasteiger partial charge in [0, 0.05) is 44.0 Å². The molecule has 2 aromatic carbocycles. The van der Waals surface area contributed by atoms with Gasteiger partial charge in [0.25, 0.3) is 5.91 Å². The minimum absolute atomic E-state index is 0.0241. The Bertz CT molecular complexity index is 1160. The lowest BCUT2D eigenvalue weighted by molar-refractivity contribution is -0.123. The summed E-state index contributed by atoms with van der Waals surface area (Å²) in [6.07, 6.45) is 1.84. The highest BCUT2D eigenvalue weighted by Gasteiger charge is 2.27. The van der Waals surface area contributed by atoms with Crippen molar-refractivity contribution in [1.82, 2.24) is 24.9 Å². The molecule has 3 aromatic rings. The van der Waals surface area contributed by atoms with E-state index in [4.69, 9.17) is 5.10 Å². The fourth-order valence-electron chi connectivity index (χ4n) is 4.37. The number of rotatable bonds is 6. The average molecular weight is 460 g/mol. The number of piperazine rings is 1. The summed E-state index contributed by atoms with van der Waals surface area (Å²) in [7, 11) is 0. The summed E-state index contributed by atoms with van der Waals surface area (Å²) >= 11 is 0. The van der Waals surface area contributed by atoms with Crippen LogP contribution in [0.3, 0.4) is 0 Å². The molecule has 178 valence electrons. The molecule has 0 radical (unpaired) electrons. The molecule has 1 aliphatic rings. The van der Waals surface area contributed by atoms with Crippen LogP contribution in [0, 0.1) is 13.8 Å². The Hall–Kier alpha value is -3.45. The van der Waals surface area contributed by atoms with E-state index >= 15 is 0 Å². The summed E-state index contributed by atoms with van der Waals surface area (Å²) in [5.74, 6) is -0.000477. The summed E-state index contributed by atoms with van der Waals surface area (Å²) in [5.41, 5.74) is 5.44. The molecule has 7 heteroatoms. The summed E-state index contributed by atoms with van der Waals surface area (Å²) < 4.78 is 1.79. The van der Waals surface area contributed by atoms with E-state index in [-0.39, 0.29) is 17.9 Å². The third-order valence-corrected chi connectivity index (χ3v) is 6.08. The van der Waals surface area contributed by atoms with Crippen molar-refractivity contribution in [2.45, 2.75) is 33.7 Å². The molecule has 0 saturated carbocycles. The molecule has 1 N–H and O–H groups in total. The van der Waals surface area contributed by atoms with Crippen molar-refractivity contribution >= 4 is 11.8 Å². The summed E-state index contributed by atoms with van der Waals surface area (Å²) in [5, 5.41) is 7.78. The van der Waals surface area contributed by atoms with Crippen molar-refractivity contribution in [3.05, 3.63) is 71.4 Å². The van der Waals surface area contributed by atoms with Crippen molar-refractivity contribution < 1.29 is 9.59 Å². The number of aryl methyl sites for hydroxylation is 2. The van der Waals surface area contributed by atoms with Crippen molar-refractivity contribution in [3.63, 3.8) is 0 Å². The highest BCUT2D eigenvalue weighted by molar-refractivity contribution is 6.00. The van der Waals surface area contributed by atoms with Gasteiger partial charge in [-0.15, -0.1) is 0 Å². The Labute approximate surface area is 201 Å². The minimum Gasteiger partial charge on any atom is -0.353 e. The third-order valence-electron chi connectivity index (χ3n) is 6.08. The van der Waals surface area contributed by atoms with Gasteiger partial charge in [-0.3, -0.25) is 14.5 Å². The van der Waals surface area contributed by atoms with Gasteiger partial charge in [-0.25, -0.2) is 4.68 Å². The Balaban J connectivity index is 1.57. The first-order chi connectivity index (χ1) is 16.3. The van der Waals surface area contributed by atoms with E-state index in [2.05, 4.69) is 36.2 Å². The van der Waals surface area contributed by atoms with Crippen molar-refractivity contribution in [2.24, 2.45) is 0 Å². The smallest absolute Gasteiger partial charge is 0.257 e. The molecule has 0 spiro atoms. The zero-order valence-corrected chi connectivity index (χ0v) is 20.4. The lowest BCUT2D eigenvalue weighted by Crippen LogP contribution is -2.51. The molecule has 34 heavy (non-hydrogen) atoms. The van der Waals surface area contributed by atoms with E-state index in [1.165, 1.54) is 5.56 Å². The highest BCUT2D eigenvalue weighted by atomic mass is 16.2. The fourth-order valence-corrected chi connectivity index (χ4v) is 4.37. The predicted molar refractivity (Wildman–Crippen MR) is 134 cm³/mol. The Morgan fingerprint density at radius 2 is 1.71 bits per heavy atom. The summed E-state index contributed by atoms with van der Waals surface area (Å²) in [4.78, 5) is 29.7. The zero-order chi connectivity index (χ0) is 24.2. The maximum atomic E-state index is 13.7. The maximum Gasteiger partial charge on any atom is 0.257 e. The molecule has 7 nitrogen and oxygen atoms in total. The lowest BCUT2D eigenvalue weighted by atomic mass is 10.00. The molecular formula is C27H33N5O2. The van der Waals surface area contributed by atoms with Gasteiger partial charge in [-0.1, -0.05) is 42.0 Å². The second-order valence-corrected chi connectivity index (χ2v) is 9.28. The molecule has 1 fully saturated rings. The maximum absolute atomic E-state index is 13.7. The molecule has 0 aliphatic carbocycles. The van der Waals surface area contributed by atoms with E-state index in [0.717, 1.165) is 16.8 Å². The van der Waals surface area contributed by atoms with Crippen LogP contribution in [0.1, 0.15) is 35.3 Å². The fraction of sp³-hybridized carbons (Fsp3) is 0.370. The van der Waals surface area contributed by atoms with E-state index in [1.807, 2.05) is 61.3 Å². The molecular weight excluding hydrogens is 426 g/mol. The molecule has 1 aromatic heterocycles. The van der Waals surface area contributed by atoms with E-state index in [9.17, 15) is 9.59 Å². The molecule has 0 unspecified atom stereocenters. The van der Waals surface area contributed by atoms with Gasteiger partial charge in [-0.05, 0) is 45.4 Å². The Morgan fingerprint density at radius 3 is 2.35 bits per heavy atom. The lowest BCUT2D eigenvalue weighted by Gasteiger charge is -2.34. The van der Waals surface area contributed by atoms with Gasteiger partial charge in [0.15, 0.2) is 0 Å². The first kappa shape index (κ1) is 23.7. The van der Waals surface area contributed by atoms with Crippen LogP contribution in [0.15, 0.2) is 54.7 Å². The van der Waals surface area contributed by atoms with Gasteiger partial charge in [0.1, 0.15) is 5.69 Å². The second-order valence-electron chi connectivity index (χ2n) is 9.28. The predicted octanol–water partition coefficient (Wildman–Crippen LogP) is 3.44. The van der Waals surface area contributed by atoms with E-state index < -0.39 is 0 Å². The number of hydrogen-bond donors (Lipinski definition) is 1. The molecule has 4 rings (SSSR count). The monoisotopic (exact) mass is 459 g/mol. The van der Waals surface area contributed by atoms with Crippen LogP contribution < -0.4 is 5.32 Å². The van der Waals surface area contributed by atoms with Gasteiger partial charge >= 0.3 is 0 Å². The topological polar surface area (TPSA) is 70.5 Å². The minimum atomic E-state index is -0.0246. The number of benzene rings is 2. The Morgan fingerprint density at radius 1 is 1.00 bits per heavy atom. The zero-order valence-electron chi connectivity index (χ0n) is 20.4. The van der Waals surface area contributed by atoms with E-state index in [1.54, 1.807) is 4.68 Å². The van der Waals surface area contributed by atoms with Gasteiger partial charge in [-0.2, -0.15) is 5.10 Å². The molecule has 1 saturated heterocycles. The number of carbonyl (C=O) groups is 2. The highest BCUT2D eigenvalue weighted by Crippen LogP contribution is 2.28. The molecule has 0 bridgehead atoms. The number of amides is 2. The Kier molecular flexibility index (Phi) is 7.12. The van der Waals surface area contributed by atoms with Crippen LogP contribution in [0.2, 0.25) is 0 Å². The summed E-state index contributed by atoms with van der Waals surface area (Å²) in [6.45, 7) is 10.9. The number of nitrogens with one attached hydrogen (secondary N) is 1. The SMILES string of the molecule is Cc1ccc(-c2nn(-c3ccccc3)cc2C(=O)N2CCN(CC(=O)NC(C)C)CC2)c(C)c1. The van der Waals surface area contributed by atoms with Crippen molar-refractivity contribution in [3.8, 4) is 16.9 Å². The van der Waals surface area contributed by atoms with Crippen molar-refractivity contribution in [2.75, 3.05) is 32.7 Å². The van der Waals surface area contributed by atoms with Crippen LogP contribution >= 0.6 is 0 Å². The quantitative estimate of drug-likeness (QED) is 0.613.